The van der Waals surface area contributed by atoms with Crippen LogP contribution in [-0.4, -0.2) is 133 Å². The Labute approximate surface area is 158 Å². The van der Waals surface area contributed by atoms with Gasteiger partial charge in [0.15, 0.2) is 0 Å². The molecule has 0 spiro atoms. The van der Waals surface area contributed by atoms with Crippen molar-refractivity contribution >= 4 is 24.3 Å². The number of carbonyl (C=O) groups is 4. The highest BCUT2D eigenvalue weighted by atomic mass is 16.4. The molecule has 0 saturated carbocycles. The summed E-state index contributed by atoms with van der Waals surface area (Å²) in [5, 5.41) is 20.7. The van der Waals surface area contributed by atoms with Crippen LogP contribution in [0.25, 0.3) is 0 Å². The minimum absolute atomic E-state index is 0.155. The molecular formula is C16H29N5O6. The summed E-state index contributed by atoms with van der Waals surface area (Å²) in [5.74, 6) is -2.09. The Morgan fingerprint density at radius 2 is 1.15 bits per heavy atom. The van der Waals surface area contributed by atoms with E-state index in [0.29, 0.717) is 52.4 Å². The van der Waals surface area contributed by atoms with E-state index < -0.39 is 11.9 Å². The molecule has 1 saturated heterocycles. The van der Waals surface area contributed by atoms with Gasteiger partial charge in [-0.15, -0.1) is 0 Å². The molecule has 0 aromatic heterocycles. The van der Waals surface area contributed by atoms with E-state index in [4.69, 9.17) is 10.2 Å². The van der Waals surface area contributed by atoms with Crippen molar-refractivity contribution in [1.82, 2.24) is 24.9 Å². The molecule has 1 aliphatic heterocycles. The molecule has 1 fully saturated rings. The number of amides is 2. The van der Waals surface area contributed by atoms with Gasteiger partial charge >= 0.3 is 11.9 Å². The first kappa shape index (κ1) is 22.8. The molecule has 1 aliphatic rings. The van der Waals surface area contributed by atoms with Gasteiger partial charge < -0.3 is 20.4 Å². The molecule has 0 atom stereocenters. The van der Waals surface area contributed by atoms with Gasteiger partial charge in [-0.2, -0.15) is 0 Å². The van der Waals surface area contributed by atoms with E-state index in [9.17, 15) is 19.2 Å². The van der Waals surface area contributed by atoms with Crippen LogP contribution >= 0.6 is 0 Å². The van der Waals surface area contributed by atoms with Crippen LogP contribution in [0.2, 0.25) is 0 Å². The topological polar surface area (TPSA) is 134 Å². The van der Waals surface area contributed by atoms with Crippen LogP contribution in [0.15, 0.2) is 0 Å². The summed E-state index contributed by atoms with van der Waals surface area (Å²) >= 11 is 0. The Morgan fingerprint density at radius 3 is 1.48 bits per heavy atom. The maximum atomic E-state index is 11.7. The first-order valence-corrected chi connectivity index (χ1v) is 8.84. The second-order valence-electron chi connectivity index (χ2n) is 6.43. The SMILES string of the molecule is CNC(=O)CN1CCN(C=O)CCN(CC(=O)O)CCN(CC(=O)O)CC1. The Hall–Kier alpha value is -2.24. The molecule has 0 aliphatic carbocycles. The van der Waals surface area contributed by atoms with E-state index in [2.05, 4.69) is 5.32 Å². The van der Waals surface area contributed by atoms with Crippen LogP contribution in [0.3, 0.4) is 0 Å². The maximum Gasteiger partial charge on any atom is 0.317 e. The highest BCUT2D eigenvalue weighted by Crippen LogP contribution is 2.00. The third-order valence-corrected chi connectivity index (χ3v) is 4.38. The monoisotopic (exact) mass is 387 g/mol. The molecule has 0 unspecified atom stereocenters. The second kappa shape index (κ2) is 12.2. The standard InChI is InChI=1S/C16H29N5O6/c1-17-14(23)10-18-2-3-19(11-15(24)25)4-5-20(12-16(26)27)7-9-21(13-22)8-6-18/h13H,2-12H2,1H3,(H,17,23)(H,24,25)(H,26,27). The van der Waals surface area contributed by atoms with Crippen LogP contribution < -0.4 is 5.32 Å². The number of hydrogen-bond acceptors (Lipinski definition) is 7. The summed E-state index contributed by atoms with van der Waals surface area (Å²) in [4.78, 5) is 52.0. The summed E-state index contributed by atoms with van der Waals surface area (Å²) in [5.41, 5.74) is 0. The number of carbonyl (C=O) groups excluding carboxylic acids is 2. The summed E-state index contributed by atoms with van der Waals surface area (Å²) in [6.45, 7) is 3.09. The number of carboxylic acid groups (broad SMARTS) is 2. The van der Waals surface area contributed by atoms with Crippen molar-refractivity contribution in [3.63, 3.8) is 0 Å². The highest BCUT2D eigenvalue weighted by molar-refractivity contribution is 5.77. The fraction of sp³-hybridized carbons (Fsp3) is 0.750. The number of rotatable bonds is 7. The van der Waals surface area contributed by atoms with Gasteiger partial charge in [-0.3, -0.25) is 33.9 Å². The summed E-state index contributed by atoms with van der Waals surface area (Å²) in [7, 11) is 1.55. The van der Waals surface area contributed by atoms with Crippen molar-refractivity contribution in [1.29, 1.82) is 0 Å². The zero-order valence-electron chi connectivity index (χ0n) is 15.7. The van der Waals surface area contributed by atoms with E-state index in [1.54, 1.807) is 21.7 Å². The summed E-state index contributed by atoms with van der Waals surface area (Å²) in [6, 6.07) is 0. The van der Waals surface area contributed by atoms with Crippen molar-refractivity contribution in [3.05, 3.63) is 0 Å². The van der Waals surface area contributed by atoms with Crippen LogP contribution in [0.5, 0.6) is 0 Å². The fourth-order valence-corrected chi connectivity index (χ4v) is 2.80. The molecule has 0 radical (unpaired) electrons. The van der Waals surface area contributed by atoms with E-state index >= 15 is 0 Å². The Balaban J connectivity index is 2.85. The summed E-state index contributed by atoms with van der Waals surface area (Å²) < 4.78 is 0. The van der Waals surface area contributed by atoms with Crippen LogP contribution in [-0.2, 0) is 19.2 Å². The molecule has 1 heterocycles. The average molecular weight is 387 g/mol. The van der Waals surface area contributed by atoms with Gasteiger partial charge in [-0.25, -0.2) is 0 Å². The van der Waals surface area contributed by atoms with Gasteiger partial charge in [0.2, 0.25) is 12.3 Å². The lowest BCUT2D eigenvalue weighted by molar-refractivity contribution is -0.140. The molecule has 2 amide bonds. The molecule has 27 heavy (non-hydrogen) atoms. The van der Waals surface area contributed by atoms with Gasteiger partial charge in [0.1, 0.15) is 0 Å². The number of nitrogens with one attached hydrogen (secondary N) is 1. The van der Waals surface area contributed by atoms with Gasteiger partial charge in [0.25, 0.3) is 0 Å². The average Bonchev–Trinajstić information content (AvgIpc) is 2.60. The smallest absolute Gasteiger partial charge is 0.317 e. The number of nitrogens with zero attached hydrogens (tertiary/aromatic N) is 4. The Morgan fingerprint density at radius 1 is 0.778 bits per heavy atom. The normalized spacial score (nSPS) is 18.9. The lowest BCUT2D eigenvalue weighted by atomic mass is 10.3. The van der Waals surface area contributed by atoms with Crippen molar-refractivity contribution in [3.8, 4) is 0 Å². The zero-order chi connectivity index (χ0) is 20.2. The van der Waals surface area contributed by atoms with Crippen LogP contribution in [0.4, 0.5) is 0 Å². The number of carboxylic acids is 2. The lowest BCUT2D eigenvalue weighted by Crippen LogP contribution is -2.48. The number of likely N-dealkylation sites (N-methyl/N-ethyl adjacent to an activating group) is 1. The van der Waals surface area contributed by atoms with Gasteiger partial charge in [0, 0.05) is 59.4 Å². The Bertz CT molecular complexity index is 518. The molecule has 0 aromatic rings. The molecule has 3 N–H and O–H groups in total. The second-order valence-corrected chi connectivity index (χ2v) is 6.43. The van der Waals surface area contributed by atoms with Gasteiger partial charge in [-0.1, -0.05) is 0 Å². The van der Waals surface area contributed by atoms with Crippen LogP contribution in [0.1, 0.15) is 0 Å². The molecule has 0 bridgehead atoms. The van der Waals surface area contributed by atoms with Crippen molar-refractivity contribution in [2.75, 3.05) is 79.0 Å². The van der Waals surface area contributed by atoms with Gasteiger partial charge in [-0.05, 0) is 0 Å². The number of aliphatic carboxylic acids is 2. The lowest BCUT2D eigenvalue weighted by Gasteiger charge is -2.32. The van der Waals surface area contributed by atoms with E-state index in [1.807, 2.05) is 4.90 Å². The van der Waals surface area contributed by atoms with Crippen molar-refractivity contribution in [2.45, 2.75) is 0 Å². The minimum Gasteiger partial charge on any atom is -0.480 e. The van der Waals surface area contributed by atoms with Crippen LogP contribution in [0, 0.1) is 0 Å². The van der Waals surface area contributed by atoms with E-state index in [-0.39, 0.29) is 25.5 Å². The predicted molar refractivity (Wildman–Crippen MR) is 96.3 cm³/mol. The molecule has 11 nitrogen and oxygen atoms in total. The molecule has 154 valence electrons. The van der Waals surface area contributed by atoms with Crippen molar-refractivity contribution < 1.29 is 29.4 Å². The van der Waals surface area contributed by atoms with E-state index in [0.717, 1.165) is 6.41 Å². The van der Waals surface area contributed by atoms with Crippen molar-refractivity contribution in [2.24, 2.45) is 0 Å². The first-order chi connectivity index (χ1) is 12.8. The maximum absolute atomic E-state index is 11.7. The zero-order valence-corrected chi connectivity index (χ0v) is 15.7. The third kappa shape index (κ3) is 9.87. The third-order valence-electron chi connectivity index (χ3n) is 4.38. The predicted octanol–water partition coefficient (Wildman–Crippen LogP) is -2.72. The minimum atomic E-state index is -0.971. The highest BCUT2D eigenvalue weighted by Gasteiger charge is 2.19. The van der Waals surface area contributed by atoms with Gasteiger partial charge in [0.05, 0.1) is 19.6 Å². The largest absolute Gasteiger partial charge is 0.480 e. The molecule has 1 rings (SSSR count). The first-order valence-electron chi connectivity index (χ1n) is 8.84. The number of hydrogen-bond donors (Lipinski definition) is 3. The Kier molecular flexibility index (Phi) is 10.3. The van der Waals surface area contributed by atoms with E-state index in [1.165, 1.54) is 0 Å². The fourth-order valence-electron chi connectivity index (χ4n) is 2.80. The molecule has 11 heteroatoms. The molecular weight excluding hydrogens is 358 g/mol. The molecule has 0 aromatic carbocycles. The summed E-state index contributed by atoms with van der Waals surface area (Å²) in [6.07, 6.45) is 0.722. The quantitative estimate of drug-likeness (QED) is 0.398.